The smallest absolute Gasteiger partial charge is 0.348 e. The second-order valence-electron chi connectivity index (χ2n) is 16.1. The highest BCUT2D eigenvalue weighted by Crippen LogP contribution is 2.38. The Morgan fingerprint density at radius 2 is 1.68 bits per heavy atom. The first-order chi connectivity index (χ1) is 30.6. The van der Waals surface area contributed by atoms with Gasteiger partial charge in [0.2, 0.25) is 11.6 Å². The number of rotatable bonds is 12. The number of aromatic nitrogens is 6. The first-order valence-electron chi connectivity index (χ1n) is 21.1. The number of benzene rings is 3. The number of furan rings is 1. The van der Waals surface area contributed by atoms with E-state index in [0.717, 1.165) is 10.9 Å². The quantitative estimate of drug-likeness (QED) is 0.0987. The number of aromatic amines is 1. The number of carbonyl (C=O) groups excluding carboxylic acids is 2. The van der Waals surface area contributed by atoms with Crippen molar-refractivity contribution in [2.75, 3.05) is 57.4 Å². The van der Waals surface area contributed by atoms with E-state index in [4.69, 9.17) is 23.9 Å². The molecule has 17 nitrogen and oxygen atoms in total. The number of amides is 1. The number of morpholine rings is 1. The highest BCUT2D eigenvalue weighted by molar-refractivity contribution is 6.05. The van der Waals surface area contributed by atoms with Crippen LogP contribution in [0.4, 0.5) is 5.82 Å². The lowest BCUT2D eigenvalue weighted by atomic mass is 9.98. The number of aromatic hydroxyl groups is 2. The zero-order valence-electron chi connectivity index (χ0n) is 35.0. The second-order valence-corrected chi connectivity index (χ2v) is 16.1. The average Bonchev–Trinajstić information content (AvgIpc) is 3.87. The van der Waals surface area contributed by atoms with Crippen molar-refractivity contribution >= 4 is 39.9 Å². The van der Waals surface area contributed by atoms with Gasteiger partial charge in [-0.1, -0.05) is 38.1 Å². The normalized spacial score (nSPS) is 14.8. The number of fused-ring (bicyclic) bond motifs is 3. The largest absolute Gasteiger partial charge is 0.508 e. The van der Waals surface area contributed by atoms with Gasteiger partial charge in [0, 0.05) is 76.5 Å². The molecule has 2 aliphatic rings. The highest BCUT2D eigenvalue weighted by Gasteiger charge is 2.25. The minimum Gasteiger partial charge on any atom is -0.508 e. The van der Waals surface area contributed by atoms with Gasteiger partial charge in [-0.15, -0.1) is 0 Å². The Balaban J connectivity index is 0.766. The predicted molar refractivity (Wildman–Crippen MR) is 234 cm³/mol. The molecule has 63 heavy (non-hydrogen) atoms. The molecule has 0 radical (unpaired) electrons. The number of hydrogen-bond donors (Lipinski definition) is 3. The van der Waals surface area contributed by atoms with E-state index in [1.807, 2.05) is 61.2 Å². The summed E-state index contributed by atoms with van der Waals surface area (Å²) in [6, 6.07) is 21.3. The molecule has 1 amide bonds. The van der Waals surface area contributed by atoms with Crippen molar-refractivity contribution < 1.29 is 33.7 Å². The third-order valence-corrected chi connectivity index (χ3v) is 11.5. The Morgan fingerprint density at radius 3 is 2.46 bits per heavy atom. The molecule has 0 aliphatic carbocycles. The molecule has 0 unspecified atom stereocenters. The van der Waals surface area contributed by atoms with Crippen LogP contribution in [0.2, 0.25) is 0 Å². The molecule has 6 heterocycles. The fraction of sp³-hybridized carbons (Fsp3) is 0.326. The number of carbonyl (C=O) groups is 2. The summed E-state index contributed by atoms with van der Waals surface area (Å²) < 4.78 is 18.8. The van der Waals surface area contributed by atoms with E-state index < -0.39 is 11.7 Å². The van der Waals surface area contributed by atoms with Crippen LogP contribution in [0.1, 0.15) is 50.2 Å². The molecule has 0 saturated carbocycles. The topological polar surface area (TPSA) is 205 Å². The maximum Gasteiger partial charge on any atom is 0.348 e. The first kappa shape index (κ1) is 41.3. The zero-order chi connectivity index (χ0) is 43.6. The highest BCUT2D eigenvalue weighted by atomic mass is 16.5. The second kappa shape index (κ2) is 17.7. The Kier molecular flexibility index (Phi) is 11.6. The van der Waals surface area contributed by atoms with Gasteiger partial charge in [0.1, 0.15) is 22.8 Å². The molecule has 9 rings (SSSR count). The van der Waals surface area contributed by atoms with E-state index in [1.165, 1.54) is 10.6 Å². The number of nitrogens with zero attached hydrogens (tertiary/aromatic N) is 8. The summed E-state index contributed by atoms with van der Waals surface area (Å²) >= 11 is 0. The molecule has 324 valence electrons. The monoisotopic (exact) mass is 853 g/mol. The van der Waals surface area contributed by atoms with E-state index in [-0.39, 0.29) is 42.0 Å². The maximum absolute atomic E-state index is 13.2. The summed E-state index contributed by atoms with van der Waals surface area (Å²) in [6.07, 6.45) is 2.36. The molecule has 0 atom stereocenters. The molecular weight excluding hydrogens is 807 g/mol. The molecule has 17 heteroatoms. The van der Waals surface area contributed by atoms with Crippen LogP contribution in [-0.4, -0.2) is 114 Å². The molecule has 7 aromatic rings. The Morgan fingerprint density at radius 1 is 0.889 bits per heavy atom. The first-order valence-corrected chi connectivity index (χ1v) is 21.1. The Bertz CT molecular complexity index is 2860. The van der Waals surface area contributed by atoms with Gasteiger partial charge >= 0.3 is 11.7 Å². The predicted octanol–water partition coefficient (Wildman–Crippen LogP) is 5.77. The van der Waals surface area contributed by atoms with E-state index >= 15 is 0 Å². The number of hydrogen-bond acceptors (Lipinski definition) is 14. The maximum atomic E-state index is 13.2. The van der Waals surface area contributed by atoms with Gasteiger partial charge in [0.15, 0.2) is 23.0 Å². The summed E-state index contributed by atoms with van der Waals surface area (Å²) in [5.74, 6) is 1.07. The molecule has 3 aromatic carbocycles. The minimum atomic E-state index is -0.457. The molecule has 4 aromatic heterocycles. The van der Waals surface area contributed by atoms with Crippen molar-refractivity contribution in [2.45, 2.75) is 45.6 Å². The number of ether oxygens (including phenoxy) is 2. The van der Waals surface area contributed by atoms with Crippen LogP contribution in [0.15, 0.2) is 88.2 Å². The molecule has 3 N–H and O–H groups in total. The minimum absolute atomic E-state index is 0.000854. The molecule has 2 aliphatic heterocycles. The van der Waals surface area contributed by atoms with Crippen LogP contribution in [0.3, 0.4) is 0 Å². The average molecular weight is 854 g/mol. The number of phenols is 2. The summed E-state index contributed by atoms with van der Waals surface area (Å²) in [5, 5.41) is 28.4. The molecule has 2 fully saturated rings. The van der Waals surface area contributed by atoms with E-state index in [9.17, 15) is 24.6 Å². The van der Waals surface area contributed by atoms with Crippen molar-refractivity contribution in [1.82, 2.24) is 39.5 Å². The third-order valence-electron chi connectivity index (χ3n) is 11.5. The van der Waals surface area contributed by atoms with Crippen molar-refractivity contribution in [2.24, 2.45) is 0 Å². The van der Waals surface area contributed by atoms with E-state index in [2.05, 4.69) is 25.0 Å². The van der Waals surface area contributed by atoms with Crippen molar-refractivity contribution in [3.8, 4) is 45.7 Å². The molecule has 0 spiro atoms. The third kappa shape index (κ3) is 8.69. The summed E-state index contributed by atoms with van der Waals surface area (Å²) in [7, 11) is 0. The lowest BCUT2D eigenvalue weighted by Gasteiger charge is -2.34. The van der Waals surface area contributed by atoms with Gasteiger partial charge in [0.05, 0.1) is 29.9 Å². The van der Waals surface area contributed by atoms with Crippen LogP contribution >= 0.6 is 0 Å². The number of pyridine rings is 1. The molecule has 0 bridgehead atoms. The fourth-order valence-electron chi connectivity index (χ4n) is 8.12. The van der Waals surface area contributed by atoms with Crippen molar-refractivity contribution in [3.63, 3.8) is 0 Å². The Labute approximate surface area is 361 Å². The molecular formula is C46H47N9O8. The number of nitrogens with one attached hydrogen (secondary N) is 1. The lowest BCUT2D eigenvalue weighted by Crippen LogP contribution is -2.48. The summed E-state index contributed by atoms with van der Waals surface area (Å²) in [4.78, 5) is 59.4. The zero-order valence-corrected chi connectivity index (χ0v) is 35.0. The van der Waals surface area contributed by atoms with Crippen LogP contribution in [0, 0.1) is 0 Å². The lowest BCUT2D eigenvalue weighted by molar-refractivity contribution is -0.135. The van der Waals surface area contributed by atoms with Crippen LogP contribution in [0.25, 0.3) is 50.7 Å². The van der Waals surface area contributed by atoms with Gasteiger partial charge in [-0.3, -0.25) is 14.5 Å². The molecule has 2 saturated heterocycles. The van der Waals surface area contributed by atoms with Gasteiger partial charge in [-0.25, -0.2) is 29.4 Å². The van der Waals surface area contributed by atoms with Crippen molar-refractivity contribution in [3.05, 3.63) is 101 Å². The number of anilines is 1. The summed E-state index contributed by atoms with van der Waals surface area (Å²) in [5.41, 5.74) is 4.48. The fourth-order valence-corrected chi connectivity index (χ4v) is 8.12. The number of phenolic OH excluding ortho intramolecular Hbond substituents is 2. The Hall–Kier alpha value is -7.11. The number of esters is 1. The van der Waals surface area contributed by atoms with Gasteiger partial charge < -0.3 is 33.9 Å². The van der Waals surface area contributed by atoms with Crippen LogP contribution in [0.5, 0.6) is 17.2 Å². The summed E-state index contributed by atoms with van der Waals surface area (Å²) in [6.45, 7) is 9.49. The number of H-pyrrole nitrogens is 1. The van der Waals surface area contributed by atoms with Gasteiger partial charge in [0.25, 0.3) is 0 Å². The number of piperazine rings is 1. The van der Waals surface area contributed by atoms with Crippen LogP contribution < -0.4 is 15.3 Å². The van der Waals surface area contributed by atoms with Crippen LogP contribution in [-0.2, 0) is 20.9 Å². The van der Waals surface area contributed by atoms with E-state index in [1.54, 1.807) is 30.5 Å². The SMILES string of the molecule is CC(C)c1cc(-c2n[nH]c(=O)n2-c2ccc(CN3CCN(C(=O)CCCC(=O)Oc4cccc(-c5nc(N6CCOCC6)c6oc7ncccc7c6n5)c4)CC3)cc2)c(O)cc1O. The standard InChI is InChI=1S/C46H47N9O8/c1-28(2)34-25-35(37(57)26-36(34)56)43-50-51-46(60)55(43)31-13-11-29(12-14-31)27-52-16-18-53(19-17-52)38(58)9-4-10-39(59)62-32-7-3-6-30(24-32)42-48-40-33-8-5-15-47-45(33)63-41(40)44(49-42)54-20-22-61-23-21-54/h3,5-8,11-15,24-26,28,56-57H,4,9-10,16-23,27H2,1-2H3,(H,51,60). The van der Waals surface area contributed by atoms with Gasteiger partial charge in [-0.2, -0.15) is 5.10 Å². The van der Waals surface area contributed by atoms with E-state index in [0.29, 0.717) is 122 Å². The van der Waals surface area contributed by atoms with Crippen molar-refractivity contribution in [1.29, 1.82) is 0 Å². The van der Waals surface area contributed by atoms with Gasteiger partial charge in [-0.05, 0) is 65.9 Å².